The van der Waals surface area contributed by atoms with Crippen molar-refractivity contribution in [1.29, 1.82) is 0 Å². The number of benzene rings is 1. The number of aromatic nitrogens is 2. The zero-order valence-electron chi connectivity index (χ0n) is 18.2. The van der Waals surface area contributed by atoms with Gasteiger partial charge in [0.05, 0.1) is 5.75 Å². The molecule has 1 atom stereocenters. The van der Waals surface area contributed by atoms with Crippen LogP contribution in [0.1, 0.15) is 48.0 Å². The van der Waals surface area contributed by atoms with E-state index in [9.17, 15) is 9.59 Å². The Morgan fingerprint density at radius 2 is 1.94 bits per heavy atom. The van der Waals surface area contributed by atoms with Crippen molar-refractivity contribution in [1.82, 2.24) is 20.8 Å². The minimum Gasteiger partial charge on any atom is -0.272 e. The van der Waals surface area contributed by atoms with E-state index in [1.807, 2.05) is 0 Å². The molecule has 0 unspecified atom stereocenters. The summed E-state index contributed by atoms with van der Waals surface area (Å²) in [5.74, 6) is 0.0929. The predicted octanol–water partition coefficient (Wildman–Crippen LogP) is 5.05. The van der Waals surface area contributed by atoms with Crippen molar-refractivity contribution in [2.24, 2.45) is 11.3 Å². The number of nitrogens with zero attached hydrogens (tertiary/aromatic N) is 2. The highest BCUT2D eigenvalue weighted by Crippen LogP contribution is 2.44. The number of fused-ring (bicyclic) bond motifs is 3. The van der Waals surface area contributed by atoms with Crippen LogP contribution in [0.4, 0.5) is 0 Å². The minimum absolute atomic E-state index is 0.141. The number of rotatable bonds is 4. The second kappa shape index (κ2) is 9.37. The van der Waals surface area contributed by atoms with Crippen LogP contribution in [0.25, 0.3) is 10.2 Å². The second-order valence-electron chi connectivity index (χ2n) is 8.97. The molecular weight excluding hydrogens is 464 g/mol. The maximum Gasteiger partial charge on any atom is 0.269 e. The third-order valence-corrected chi connectivity index (χ3v) is 8.20. The highest BCUT2D eigenvalue weighted by atomic mass is 35.5. The Bertz CT molecular complexity index is 1160. The highest BCUT2D eigenvalue weighted by Gasteiger charge is 2.31. The number of carbonyl (C=O) groups excluding carboxylic acids is 2. The average molecular weight is 489 g/mol. The first-order valence-corrected chi connectivity index (χ1v) is 12.6. The normalized spacial score (nSPS) is 15.9. The van der Waals surface area contributed by atoms with Crippen LogP contribution in [-0.4, -0.2) is 27.5 Å². The lowest BCUT2D eigenvalue weighted by Crippen LogP contribution is -2.42. The standard InChI is InChI=1S/C23H25ClN4O2S2/c1-23(2,3)14-6-9-16-17(10-14)32-22-19(16)21(25-12-26-22)31-11-18(29)27-28-20(30)13-4-7-15(24)8-5-13/h4-5,7-8,12,14H,6,9-11H2,1-3H3,(H,27,29)(H,28,30)/t14-/m0/s1. The van der Waals surface area contributed by atoms with Gasteiger partial charge in [-0.2, -0.15) is 0 Å². The highest BCUT2D eigenvalue weighted by molar-refractivity contribution is 8.00. The van der Waals surface area contributed by atoms with Crippen molar-refractivity contribution in [3.63, 3.8) is 0 Å². The molecule has 32 heavy (non-hydrogen) atoms. The molecule has 1 aliphatic carbocycles. The summed E-state index contributed by atoms with van der Waals surface area (Å²) in [5.41, 5.74) is 6.93. The van der Waals surface area contributed by atoms with Crippen molar-refractivity contribution in [2.75, 3.05) is 5.75 Å². The maximum atomic E-state index is 12.3. The van der Waals surface area contributed by atoms with E-state index in [2.05, 4.69) is 41.6 Å². The number of hydrogen-bond acceptors (Lipinski definition) is 6. The van der Waals surface area contributed by atoms with Crippen LogP contribution >= 0.6 is 34.7 Å². The summed E-state index contributed by atoms with van der Waals surface area (Å²) in [6.45, 7) is 6.92. The van der Waals surface area contributed by atoms with E-state index in [-0.39, 0.29) is 17.1 Å². The van der Waals surface area contributed by atoms with E-state index in [4.69, 9.17) is 11.6 Å². The fourth-order valence-electron chi connectivity index (χ4n) is 3.90. The second-order valence-corrected chi connectivity index (χ2v) is 11.5. The molecule has 1 aromatic carbocycles. The zero-order valence-corrected chi connectivity index (χ0v) is 20.6. The van der Waals surface area contributed by atoms with Crippen LogP contribution < -0.4 is 10.9 Å². The molecule has 1 aliphatic rings. The molecule has 0 spiro atoms. The number of aryl methyl sites for hydroxylation is 1. The van der Waals surface area contributed by atoms with E-state index in [1.165, 1.54) is 22.2 Å². The van der Waals surface area contributed by atoms with Crippen LogP contribution in [0, 0.1) is 11.3 Å². The first-order valence-electron chi connectivity index (χ1n) is 10.4. The van der Waals surface area contributed by atoms with Gasteiger partial charge in [0, 0.05) is 20.8 Å². The summed E-state index contributed by atoms with van der Waals surface area (Å²) >= 11 is 8.95. The molecule has 0 fully saturated rings. The van der Waals surface area contributed by atoms with E-state index in [1.54, 1.807) is 41.9 Å². The lowest BCUT2D eigenvalue weighted by molar-refractivity contribution is -0.119. The van der Waals surface area contributed by atoms with Gasteiger partial charge in [-0.1, -0.05) is 44.1 Å². The molecule has 0 saturated carbocycles. The molecule has 0 bridgehead atoms. The zero-order chi connectivity index (χ0) is 22.9. The Morgan fingerprint density at radius 1 is 1.19 bits per heavy atom. The van der Waals surface area contributed by atoms with Crippen LogP contribution in [0.5, 0.6) is 0 Å². The van der Waals surface area contributed by atoms with Gasteiger partial charge in [-0.25, -0.2) is 9.97 Å². The van der Waals surface area contributed by atoms with Crippen LogP contribution in [-0.2, 0) is 17.6 Å². The van der Waals surface area contributed by atoms with E-state index >= 15 is 0 Å². The molecule has 4 rings (SSSR count). The fourth-order valence-corrected chi connectivity index (χ4v) is 6.18. The van der Waals surface area contributed by atoms with Crippen molar-refractivity contribution in [3.05, 3.63) is 51.6 Å². The van der Waals surface area contributed by atoms with Gasteiger partial charge in [0.15, 0.2) is 0 Å². The quantitative estimate of drug-likeness (QED) is 0.305. The summed E-state index contributed by atoms with van der Waals surface area (Å²) in [6, 6.07) is 6.44. The molecule has 0 saturated heterocycles. The van der Waals surface area contributed by atoms with Gasteiger partial charge >= 0.3 is 0 Å². The van der Waals surface area contributed by atoms with E-state index < -0.39 is 5.91 Å². The predicted molar refractivity (Wildman–Crippen MR) is 130 cm³/mol. The fraction of sp³-hybridized carbons (Fsp3) is 0.391. The van der Waals surface area contributed by atoms with Gasteiger partial charge in [-0.05, 0) is 60.4 Å². The molecule has 2 heterocycles. The van der Waals surface area contributed by atoms with E-state index in [0.29, 0.717) is 16.5 Å². The molecular formula is C23H25ClN4O2S2. The molecule has 6 nitrogen and oxygen atoms in total. The average Bonchev–Trinajstić information content (AvgIpc) is 3.14. The number of carbonyl (C=O) groups is 2. The van der Waals surface area contributed by atoms with E-state index in [0.717, 1.165) is 34.5 Å². The third kappa shape index (κ3) is 5.08. The Morgan fingerprint density at radius 3 is 2.66 bits per heavy atom. The number of nitrogens with one attached hydrogen (secondary N) is 2. The Hall–Kier alpha value is -2.16. The molecule has 168 valence electrons. The Balaban J connectivity index is 1.40. The smallest absolute Gasteiger partial charge is 0.269 e. The van der Waals surface area contributed by atoms with Crippen molar-refractivity contribution in [2.45, 2.75) is 45.1 Å². The Labute approximate surface area is 200 Å². The van der Waals surface area contributed by atoms with Gasteiger partial charge in [-0.3, -0.25) is 20.4 Å². The SMILES string of the molecule is CC(C)(C)[C@H]1CCc2c(sc3ncnc(SCC(=O)NNC(=O)c4ccc(Cl)cc4)c23)C1. The maximum absolute atomic E-state index is 12.3. The topological polar surface area (TPSA) is 84.0 Å². The van der Waals surface area contributed by atoms with Crippen molar-refractivity contribution >= 4 is 56.7 Å². The van der Waals surface area contributed by atoms with Gasteiger partial charge in [0.2, 0.25) is 5.91 Å². The number of hydrogen-bond donors (Lipinski definition) is 2. The van der Waals surface area contributed by atoms with Gasteiger partial charge in [-0.15, -0.1) is 11.3 Å². The van der Waals surface area contributed by atoms with Crippen molar-refractivity contribution < 1.29 is 9.59 Å². The third-order valence-electron chi connectivity index (χ3n) is 5.80. The molecule has 2 aromatic heterocycles. The molecule has 9 heteroatoms. The van der Waals surface area contributed by atoms with Crippen LogP contribution in [0.2, 0.25) is 5.02 Å². The van der Waals surface area contributed by atoms with Crippen LogP contribution in [0.3, 0.4) is 0 Å². The molecule has 0 aliphatic heterocycles. The van der Waals surface area contributed by atoms with Gasteiger partial charge in [0.25, 0.3) is 5.91 Å². The number of halogens is 1. The number of thioether (sulfide) groups is 1. The number of amides is 2. The molecule has 3 aromatic rings. The first-order chi connectivity index (χ1) is 15.2. The summed E-state index contributed by atoms with van der Waals surface area (Å²) in [5, 5.41) is 2.45. The summed E-state index contributed by atoms with van der Waals surface area (Å²) in [6.07, 6.45) is 4.80. The van der Waals surface area contributed by atoms with Gasteiger partial charge in [0.1, 0.15) is 16.2 Å². The van der Waals surface area contributed by atoms with Crippen molar-refractivity contribution in [3.8, 4) is 0 Å². The minimum atomic E-state index is -0.398. The summed E-state index contributed by atoms with van der Waals surface area (Å²) in [7, 11) is 0. The summed E-state index contributed by atoms with van der Waals surface area (Å²) < 4.78 is 0. The molecule has 0 radical (unpaired) electrons. The first kappa shape index (κ1) is 23.0. The Kier molecular flexibility index (Phi) is 6.74. The molecule has 2 N–H and O–H groups in total. The lowest BCUT2D eigenvalue weighted by Gasteiger charge is -2.33. The number of hydrazine groups is 1. The monoisotopic (exact) mass is 488 g/mol. The lowest BCUT2D eigenvalue weighted by atomic mass is 9.72. The largest absolute Gasteiger partial charge is 0.272 e. The van der Waals surface area contributed by atoms with Gasteiger partial charge < -0.3 is 0 Å². The van der Waals surface area contributed by atoms with Crippen LogP contribution in [0.15, 0.2) is 35.6 Å². The summed E-state index contributed by atoms with van der Waals surface area (Å²) in [4.78, 5) is 35.8. The number of thiophene rings is 1. The molecule has 2 amide bonds.